The number of carbonyl (C=O) groups is 2. The van der Waals surface area contributed by atoms with Crippen LogP contribution in [0.5, 0.6) is 11.5 Å². The van der Waals surface area contributed by atoms with Crippen molar-refractivity contribution < 1.29 is 23.5 Å². The second kappa shape index (κ2) is 7.11. The molecule has 0 aliphatic carbocycles. The van der Waals surface area contributed by atoms with E-state index in [-0.39, 0.29) is 30.1 Å². The number of ketones is 1. The zero-order valence-electron chi connectivity index (χ0n) is 15.7. The van der Waals surface area contributed by atoms with E-state index in [2.05, 4.69) is 4.90 Å². The Bertz CT molecular complexity index is 769. The van der Waals surface area contributed by atoms with E-state index in [1.54, 1.807) is 19.1 Å². The first-order chi connectivity index (χ1) is 13.0. The van der Waals surface area contributed by atoms with Crippen molar-refractivity contribution in [1.29, 1.82) is 0 Å². The van der Waals surface area contributed by atoms with Gasteiger partial charge in [0.25, 0.3) is 0 Å². The molecule has 1 aromatic carbocycles. The highest BCUT2D eigenvalue weighted by Crippen LogP contribution is 2.42. The van der Waals surface area contributed by atoms with Crippen molar-refractivity contribution in [3.8, 4) is 11.5 Å². The minimum absolute atomic E-state index is 0.00742. The first-order valence-corrected chi connectivity index (χ1v) is 9.42. The van der Waals surface area contributed by atoms with E-state index in [9.17, 15) is 14.0 Å². The van der Waals surface area contributed by atoms with Crippen LogP contribution in [0.1, 0.15) is 30.0 Å². The monoisotopic (exact) mass is 376 g/mol. The second-order valence-electron chi connectivity index (χ2n) is 7.62. The molecule has 1 amide bonds. The van der Waals surface area contributed by atoms with Crippen LogP contribution >= 0.6 is 0 Å². The molecule has 0 N–H and O–H groups in total. The van der Waals surface area contributed by atoms with Gasteiger partial charge in [-0.1, -0.05) is 0 Å². The second-order valence-corrected chi connectivity index (χ2v) is 7.62. The third kappa shape index (κ3) is 3.08. The fraction of sp³-hybridized carbons (Fsp3) is 0.600. The number of benzene rings is 1. The van der Waals surface area contributed by atoms with Gasteiger partial charge in [0.15, 0.2) is 17.3 Å². The largest absolute Gasteiger partial charge is 0.493 e. The Balaban J connectivity index is 1.58. The molecule has 1 unspecified atom stereocenters. The molecule has 6 nitrogen and oxygen atoms in total. The van der Waals surface area contributed by atoms with Crippen molar-refractivity contribution >= 4 is 11.7 Å². The summed E-state index contributed by atoms with van der Waals surface area (Å²) in [6.07, 6.45) is 1.43. The molecular weight excluding hydrogens is 351 g/mol. The molecule has 0 saturated carbocycles. The first-order valence-electron chi connectivity index (χ1n) is 9.42. The van der Waals surface area contributed by atoms with Crippen molar-refractivity contribution in [2.24, 2.45) is 5.92 Å². The van der Waals surface area contributed by atoms with Gasteiger partial charge in [-0.3, -0.25) is 18.9 Å². The third-order valence-electron chi connectivity index (χ3n) is 6.12. The summed E-state index contributed by atoms with van der Waals surface area (Å²) in [5.41, 5.74) is 2.27. The Labute approximate surface area is 158 Å². The number of methoxy groups -OCH3 is 2. The molecule has 4 rings (SSSR count). The summed E-state index contributed by atoms with van der Waals surface area (Å²) in [5, 5.41) is 0. The predicted octanol–water partition coefficient (Wildman–Crippen LogP) is 1.76. The maximum absolute atomic E-state index is 13.0. The van der Waals surface area contributed by atoms with E-state index in [1.807, 2.05) is 12.1 Å². The number of nitrogens with zero attached hydrogens (tertiary/aromatic N) is 2. The van der Waals surface area contributed by atoms with Crippen molar-refractivity contribution in [1.82, 2.24) is 9.80 Å². The zero-order valence-corrected chi connectivity index (χ0v) is 15.7. The number of ether oxygens (including phenoxy) is 2. The van der Waals surface area contributed by atoms with Crippen LogP contribution in [0.15, 0.2) is 12.1 Å². The lowest BCUT2D eigenvalue weighted by Crippen LogP contribution is -2.56. The van der Waals surface area contributed by atoms with Gasteiger partial charge in [0.1, 0.15) is 6.04 Å². The normalized spacial score (nSPS) is 28.1. The quantitative estimate of drug-likeness (QED) is 0.802. The molecule has 3 heterocycles. The molecular formula is C20H25FN2O4. The van der Waals surface area contributed by atoms with E-state index >= 15 is 0 Å². The lowest BCUT2D eigenvalue weighted by Gasteiger charge is -2.45. The number of piperidine rings is 1. The Kier molecular flexibility index (Phi) is 4.80. The number of likely N-dealkylation sites (tertiary alicyclic amines) is 1. The summed E-state index contributed by atoms with van der Waals surface area (Å²) in [6.45, 7) is 1.18. The summed E-state index contributed by atoms with van der Waals surface area (Å²) < 4.78 is 23.8. The average Bonchev–Trinajstić information content (AvgIpc) is 3.06. The molecule has 3 aliphatic rings. The Morgan fingerprint density at radius 3 is 2.48 bits per heavy atom. The van der Waals surface area contributed by atoms with Crippen molar-refractivity contribution in [2.45, 2.75) is 31.3 Å². The minimum Gasteiger partial charge on any atom is -0.493 e. The highest BCUT2D eigenvalue weighted by atomic mass is 19.1. The summed E-state index contributed by atoms with van der Waals surface area (Å²) in [4.78, 5) is 29.0. The lowest BCUT2D eigenvalue weighted by molar-refractivity contribution is -0.140. The molecule has 0 spiro atoms. The van der Waals surface area contributed by atoms with Crippen molar-refractivity contribution in [2.75, 3.05) is 40.5 Å². The van der Waals surface area contributed by atoms with Crippen molar-refractivity contribution in [3.05, 3.63) is 23.3 Å². The highest BCUT2D eigenvalue weighted by molar-refractivity contribution is 5.91. The number of halogens is 1. The van der Waals surface area contributed by atoms with Gasteiger partial charge in [-0.15, -0.1) is 0 Å². The van der Waals surface area contributed by atoms with E-state index < -0.39 is 12.7 Å². The van der Waals surface area contributed by atoms with E-state index in [0.717, 1.165) is 18.5 Å². The Hall–Kier alpha value is -2.15. The molecule has 27 heavy (non-hydrogen) atoms. The predicted molar refractivity (Wildman–Crippen MR) is 96.8 cm³/mol. The summed E-state index contributed by atoms with van der Waals surface area (Å²) in [6, 6.07) is 3.51. The molecule has 7 heteroatoms. The maximum Gasteiger partial charge on any atom is 0.223 e. The van der Waals surface area contributed by atoms with Crippen LogP contribution in [0.2, 0.25) is 0 Å². The SMILES string of the molecule is COc1cc2c(cc1OC)C1CC(=O)[C@@H](N3C[C@@H](CF)CC3=O)CN1CC2. The Morgan fingerprint density at radius 2 is 1.81 bits per heavy atom. The molecule has 0 radical (unpaired) electrons. The molecule has 146 valence electrons. The zero-order chi connectivity index (χ0) is 19.1. The minimum atomic E-state index is -0.509. The van der Waals surface area contributed by atoms with Gasteiger partial charge in [-0.2, -0.15) is 0 Å². The molecule has 0 aromatic heterocycles. The highest BCUT2D eigenvalue weighted by Gasteiger charge is 2.44. The maximum atomic E-state index is 13.0. The van der Waals surface area contributed by atoms with Gasteiger partial charge < -0.3 is 14.4 Å². The number of amides is 1. The number of hydrogen-bond acceptors (Lipinski definition) is 5. The molecule has 0 bridgehead atoms. The topological polar surface area (TPSA) is 59.1 Å². The molecule has 2 fully saturated rings. The number of alkyl halides is 1. The summed E-state index contributed by atoms with van der Waals surface area (Å²) in [7, 11) is 3.22. The molecule has 3 aliphatic heterocycles. The first kappa shape index (κ1) is 18.2. The standard InChI is InChI=1S/C20H25FN2O4/c1-26-18-6-13-3-4-22-11-16(23-10-12(9-21)5-20(23)25)17(24)8-15(22)14(13)7-19(18)27-2/h6-7,12,15-16H,3-5,8-11H2,1-2H3/t12-,15?,16+/m1/s1. The van der Waals surface area contributed by atoms with E-state index in [4.69, 9.17) is 9.47 Å². The fourth-order valence-corrected chi connectivity index (χ4v) is 4.67. The van der Waals surface area contributed by atoms with Crippen LogP contribution in [0, 0.1) is 5.92 Å². The number of Topliss-reactive ketones (excluding diaryl/α,β-unsaturated/α-hetero) is 1. The van der Waals surface area contributed by atoms with E-state index in [0.29, 0.717) is 31.0 Å². The van der Waals surface area contributed by atoms with Crippen molar-refractivity contribution in [3.63, 3.8) is 0 Å². The van der Waals surface area contributed by atoms with Gasteiger partial charge in [-0.25, -0.2) is 0 Å². The van der Waals surface area contributed by atoms with Gasteiger partial charge in [0.2, 0.25) is 5.91 Å². The molecule has 3 atom stereocenters. The van der Waals surface area contributed by atoms with Crippen LogP contribution in [-0.2, 0) is 16.0 Å². The van der Waals surface area contributed by atoms with Crippen LogP contribution in [0.25, 0.3) is 0 Å². The van der Waals surface area contributed by atoms with Crippen LogP contribution in [0.4, 0.5) is 4.39 Å². The number of carbonyl (C=O) groups excluding carboxylic acids is 2. The third-order valence-corrected chi connectivity index (χ3v) is 6.12. The van der Waals surface area contributed by atoms with Gasteiger partial charge in [0.05, 0.1) is 20.9 Å². The van der Waals surface area contributed by atoms with Gasteiger partial charge in [0, 0.05) is 44.4 Å². The average molecular weight is 376 g/mol. The molecule has 2 saturated heterocycles. The summed E-state index contributed by atoms with van der Waals surface area (Å²) in [5.74, 6) is 1.05. The van der Waals surface area contributed by atoms with Crippen LogP contribution in [0.3, 0.4) is 0 Å². The smallest absolute Gasteiger partial charge is 0.223 e. The van der Waals surface area contributed by atoms with Gasteiger partial charge in [-0.05, 0) is 29.7 Å². The van der Waals surface area contributed by atoms with Crippen LogP contribution < -0.4 is 9.47 Å². The van der Waals surface area contributed by atoms with Crippen LogP contribution in [-0.4, -0.2) is 68.1 Å². The molecule has 1 aromatic rings. The van der Waals surface area contributed by atoms with E-state index in [1.165, 1.54) is 5.56 Å². The number of fused-ring (bicyclic) bond motifs is 3. The lowest BCUT2D eigenvalue weighted by atomic mass is 9.84. The van der Waals surface area contributed by atoms with Gasteiger partial charge >= 0.3 is 0 Å². The fourth-order valence-electron chi connectivity index (χ4n) is 4.67. The number of rotatable bonds is 4. The number of hydrogen-bond donors (Lipinski definition) is 0. The Morgan fingerprint density at radius 1 is 1.07 bits per heavy atom. The summed E-state index contributed by atoms with van der Waals surface area (Å²) >= 11 is 0.